The summed E-state index contributed by atoms with van der Waals surface area (Å²) in [4.78, 5) is 4.18. The summed E-state index contributed by atoms with van der Waals surface area (Å²) in [6, 6.07) is 3.45. The van der Waals surface area contributed by atoms with E-state index >= 15 is 0 Å². The topological polar surface area (TPSA) is 71.8 Å². The second-order valence-electron chi connectivity index (χ2n) is 6.30. The van der Waals surface area contributed by atoms with Gasteiger partial charge in [-0.2, -0.15) is 12.6 Å². The molecule has 0 radical (unpaired) electrons. The number of nitrogens with zero attached hydrogens (tertiary/aromatic N) is 1. The normalized spacial score (nSPS) is 23.1. The van der Waals surface area contributed by atoms with E-state index in [0.29, 0.717) is 5.69 Å². The number of pyridine rings is 1. The van der Waals surface area contributed by atoms with Gasteiger partial charge in [0.05, 0.1) is 23.0 Å². The first-order chi connectivity index (χ1) is 9.68. The molecule has 1 aliphatic rings. The molecule has 2 heterocycles. The van der Waals surface area contributed by atoms with Crippen molar-refractivity contribution in [1.29, 1.82) is 0 Å². The molecule has 116 valence electrons. The molecule has 1 saturated heterocycles. The van der Waals surface area contributed by atoms with Crippen LogP contribution in [-0.2, 0) is 9.31 Å². The van der Waals surface area contributed by atoms with Crippen molar-refractivity contribution in [2.45, 2.75) is 51.1 Å². The van der Waals surface area contributed by atoms with Crippen molar-refractivity contribution in [2.75, 3.05) is 5.75 Å². The molecule has 2 N–H and O–H groups in total. The lowest BCUT2D eigenvalue weighted by atomic mass is 9.80. The van der Waals surface area contributed by atoms with E-state index < -0.39 is 30.5 Å². The highest BCUT2D eigenvalue weighted by Gasteiger charge is 2.51. The van der Waals surface area contributed by atoms with Gasteiger partial charge in [-0.3, -0.25) is 4.98 Å². The summed E-state index contributed by atoms with van der Waals surface area (Å²) in [6.45, 7) is 7.95. The Kier molecular flexibility index (Phi) is 4.70. The Hall–Kier alpha value is -0.595. The zero-order valence-corrected chi connectivity index (χ0v) is 13.7. The molecular weight excluding hydrogens is 289 g/mol. The van der Waals surface area contributed by atoms with E-state index in [1.165, 1.54) is 0 Å². The van der Waals surface area contributed by atoms with Crippen molar-refractivity contribution in [3.63, 3.8) is 0 Å². The van der Waals surface area contributed by atoms with Gasteiger partial charge in [0.25, 0.3) is 0 Å². The number of aliphatic hydroxyl groups excluding tert-OH is 2. The molecule has 2 atom stereocenters. The van der Waals surface area contributed by atoms with Crippen LogP contribution in [-0.4, -0.2) is 45.4 Å². The maximum absolute atomic E-state index is 9.89. The summed E-state index contributed by atoms with van der Waals surface area (Å²) in [5, 5.41) is 19.5. The Balaban J connectivity index is 2.14. The molecule has 1 fully saturated rings. The minimum absolute atomic E-state index is 0.168. The van der Waals surface area contributed by atoms with Gasteiger partial charge < -0.3 is 19.5 Å². The molecule has 1 aromatic rings. The fourth-order valence-electron chi connectivity index (χ4n) is 2.01. The van der Waals surface area contributed by atoms with E-state index in [1.807, 2.05) is 27.7 Å². The van der Waals surface area contributed by atoms with Crippen LogP contribution in [0.2, 0.25) is 0 Å². The van der Waals surface area contributed by atoms with Gasteiger partial charge in [-0.15, -0.1) is 0 Å². The second kappa shape index (κ2) is 5.89. The van der Waals surface area contributed by atoms with Crippen LogP contribution in [0.1, 0.15) is 39.5 Å². The SMILES string of the molecule is CC1(C)OB(c2ccc(C(O)C(O)CS)nc2)OC1(C)C. The fourth-order valence-corrected chi connectivity index (χ4v) is 2.21. The van der Waals surface area contributed by atoms with Gasteiger partial charge in [0, 0.05) is 17.4 Å². The third kappa shape index (κ3) is 3.27. The molecule has 1 aliphatic heterocycles. The molecule has 2 unspecified atom stereocenters. The summed E-state index contributed by atoms with van der Waals surface area (Å²) >= 11 is 3.96. The maximum atomic E-state index is 9.89. The quantitative estimate of drug-likeness (QED) is 0.564. The van der Waals surface area contributed by atoms with E-state index in [4.69, 9.17) is 9.31 Å². The van der Waals surface area contributed by atoms with Crippen molar-refractivity contribution >= 4 is 25.2 Å². The van der Waals surface area contributed by atoms with E-state index in [2.05, 4.69) is 17.6 Å². The monoisotopic (exact) mass is 311 g/mol. The van der Waals surface area contributed by atoms with E-state index in [0.717, 1.165) is 5.46 Å². The van der Waals surface area contributed by atoms with Gasteiger partial charge in [-0.1, -0.05) is 6.07 Å². The lowest BCUT2D eigenvalue weighted by Crippen LogP contribution is -2.41. The van der Waals surface area contributed by atoms with Crippen molar-refractivity contribution in [3.05, 3.63) is 24.0 Å². The third-order valence-electron chi connectivity index (χ3n) is 4.19. The highest BCUT2D eigenvalue weighted by molar-refractivity contribution is 7.80. The van der Waals surface area contributed by atoms with Crippen molar-refractivity contribution in [2.24, 2.45) is 0 Å². The number of rotatable bonds is 4. The molecule has 2 rings (SSSR count). The molecule has 5 nitrogen and oxygen atoms in total. The lowest BCUT2D eigenvalue weighted by Gasteiger charge is -2.32. The summed E-state index contributed by atoms with van der Waals surface area (Å²) < 4.78 is 11.9. The predicted molar refractivity (Wildman–Crippen MR) is 84.8 cm³/mol. The van der Waals surface area contributed by atoms with E-state index in [-0.39, 0.29) is 5.75 Å². The summed E-state index contributed by atoms with van der Waals surface area (Å²) in [5.41, 5.74) is 0.373. The second-order valence-corrected chi connectivity index (χ2v) is 6.66. The smallest absolute Gasteiger partial charge is 0.399 e. The van der Waals surface area contributed by atoms with Gasteiger partial charge in [-0.05, 0) is 33.8 Å². The lowest BCUT2D eigenvalue weighted by molar-refractivity contribution is 0.00578. The Morgan fingerprint density at radius 3 is 2.19 bits per heavy atom. The predicted octanol–water partition coefficient (Wildman–Crippen LogP) is 0.705. The molecule has 0 aromatic carbocycles. The molecule has 0 saturated carbocycles. The minimum atomic E-state index is -1.05. The molecule has 0 amide bonds. The number of hydrogen-bond donors (Lipinski definition) is 3. The first-order valence-electron chi connectivity index (χ1n) is 6.96. The van der Waals surface area contributed by atoms with Crippen LogP contribution in [0.3, 0.4) is 0 Å². The number of hydrogen-bond acceptors (Lipinski definition) is 6. The van der Waals surface area contributed by atoms with Crippen LogP contribution >= 0.6 is 12.6 Å². The Labute approximate surface area is 131 Å². The Morgan fingerprint density at radius 1 is 1.19 bits per heavy atom. The number of aliphatic hydroxyl groups is 2. The maximum Gasteiger partial charge on any atom is 0.496 e. The minimum Gasteiger partial charge on any atom is -0.399 e. The van der Waals surface area contributed by atoms with Crippen molar-refractivity contribution < 1.29 is 19.5 Å². The van der Waals surface area contributed by atoms with Gasteiger partial charge >= 0.3 is 7.12 Å². The van der Waals surface area contributed by atoms with Crippen LogP contribution in [0.15, 0.2) is 18.3 Å². The van der Waals surface area contributed by atoms with E-state index in [1.54, 1.807) is 18.3 Å². The van der Waals surface area contributed by atoms with Crippen LogP contribution < -0.4 is 5.46 Å². The summed E-state index contributed by atoms with van der Waals surface area (Å²) in [5.74, 6) is 0.168. The molecule has 1 aromatic heterocycles. The fraction of sp³-hybridized carbons (Fsp3) is 0.643. The van der Waals surface area contributed by atoms with Gasteiger partial charge in [0.15, 0.2) is 0 Å². The first-order valence-corrected chi connectivity index (χ1v) is 7.59. The van der Waals surface area contributed by atoms with Gasteiger partial charge in [0.1, 0.15) is 6.10 Å². The Bertz CT molecular complexity index is 478. The highest BCUT2D eigenvalue weighted by Crippen LogP contribution is 2.36. The standard InChI is InChI=1S/C14H22BNO4S/c1-13(2)14(3,4)20-15(19-13)9-5-6-10(16-7-9)12(18)11(17)8-21/h5-7,11-12,17-18,21H,8H2,1-4H3. The van der Waals surface area contributed by atoms with Crippen molar-refractivity contribution in [3.8, 4) is 0 Å². The van der Waals surface area contributed by atoms with Crippen LogP contribution in [0, 0.1) is 0 Å². The Morgan fingerprint density at radius 2 is 1.76 bits per heavy atom. The van der Waals surface area contributed by atoms with Gasteiger partial charge in [-0.25, -0.2) is 0 Å². The zero-order valence-electron chi connectivity index (χ0n) is 12.8. The van der Waals surface area contributed by atoms with Crippen LogP contribution in [0.5, 0.6) is 0 Å². The third-order valence-corrected chi connectivity index (χ3v) is 4.56. The molecule has 21 heavy (non-hydrogen) atoms. The molecule has 0 aliphatic carbocycles. The van der Waals surface area contributed by atoms with E-state index in [9.17, 15) is 10.2 Å². The summed E-state index contributed by atoms with van der Waals surface area (Å²) in [7, 11) is -0.483. The largest absolute Gasteiger partial charge is 0.496 e. The van der Waals surface area contributed by atoms with Gasteiger partial charge in [0.2, 0.25) is 0 Å². The highest BCUT2D eigenvalue weighted by atomic mass is 32.1. The first kappa shape index (κ1) is 16.8. The molecule has 0 spiro atoms. The zero-order chi connectivity index (χ0) is 15.8. The molecule has 7 heteroatoms. The van der Waals surface area contributed by atoms with Crippen LogP contribution in [0.25, 0.3) is 0 Å². The summed E-state index contributed by atoms with van der Waals surface area (Å²) in [6.07, 6.45) is -0.385. The molecular formula is C14H22BNO4S. The van der Waals surface area contributed by atoms with Crippen LogP contribution in [0.4, 0.5) is 0 Å². The van der Waals surface area contributed by atoms with Crippen molar-refractivity contribution in [1.82, 2.24) is 4.98 Å². The average molecular weight is 311 g/mol. The molecule has 0 bridgehead atoms. The number of aromatic nitrogens is 1. The average Bonchev–Trinajstić information content (AvgIpc) is 2.66. The number of thiol groups is 1.